The Bertz CT molecular complexity index is 569. The van der Waals surface area contributed by atoms with Crippen molar-refractivity contribution in [2.24, 2.45) is 10.7 Å². The van der Waals surface area contributed by atoms with Crippen LogP contribution in [0.1, 0.15) is 25.7 Å². The van der Waals surface area contributed by atoms with Crippen molar-refractivity contribution < 1.29 is 0 Å². The summed E-state index contributed by atoms with van der Waals surface area (Å²) in [6.45, 7) is 8.28. The molecule has 2 aliphatic heterocycles. The van der Waals surface area contributed by atoms with Crippen molar-refractivity contribution in [2.75, 3.05) is 57.3 Å². The van der Waals surface area contributed by atoms with Gasteiger partial charge in [-0.3, -0.25) is 9.89 Å². The van der Waals surface area contributed by atoms with Gasteiger partial charge in [-0.2, -0.15) is 0 Å². The summed E-state index contributed by atoms with van der Waals surface area (Å²) in [5.74, 6) is 0.739. The highest BCUT2D eigenvalue weighted by atomic mass is 127. The maximum Gasteiger partial charge on any atom is 0.191 e. The van der Waals surface area contributed by atoms with Gasteiger partial charge in [-0.15, -0.1) is 24.0 Å². The molecule has 2 saturated heterocycles. The fourth-order valence-corrected chi connectivity index (χ4v) is 3.89. The van der Waals surface area contributed by atoms with Gasteiger partial charge < -0.3 is 15.5 Å². The van der Waals surface area contributed by atoms with Gasteiger partial charge in [-0.05, 0) is 37.8 Å². The molecule has 7 heteroatoms. The van der Waals surface area contributed by atoms with Crippen LogP contribution in [0.5, 0.6) is 0 Å². The minimum absolute atomic E-state index is 0. The smallest absolute Gasteiger partial charge is 0.191 e. The first kappa shape index (κ1) is 21.6. The Morgan fingerprint density at radius 1 is 1.00 bits per heavy atom. The van der Waals surface area contributed by atoms with Crippen molar-refractivity contribution in [2.45, 2.75) is 25.7 Å². The number of guanidine groups is 1. The van der Waals surface area contributed by atoms with E-state index < -0.39 is 0 Å². The number of hydrogen-bond acceptors (Lipinski definition) is 3. The summed E-state index contributed by atoms with van der Waals surface area (Å²) in [6.07, 6.45) is 4.88. The van der Waals surface area contributed by atoms with Crippen LogP contribution in [0, 0.1) is 0 Å². The van der Waals surface area contributed by atoms with Crippen LogP contribution in [0.25, 0.3) is 0 Å². The van der Waals surface area contributed by atoms with Gasteiger partial charge in [0.2, 0.25) is 0 Å². The summed E-state index contributed by atoms with van der Waals surface area (Å²) in [7, 11) is 0. The number of aliphatic imine (C=N–C) groups is 1. The third-order valence-electron chi connectivity index (χ3n) is 5.15. The van der Waals surface area contributed by atoms with E-state index in [4.69, 9.17) is 17.3 Å². The van der Waals surface area contributed by atoms with Crippen molar-refractivity contribution >= 4 is 47.2 Å². The highest BCUT2D eigenvalue weighted by molar-refractivity contribution is 14.0. The van der Waals surface area contributed by atoms with Gasteiger partial charge in [0.15, 0.2) is 5.96 Å². The van der Waals surface area contributed by atoms with Crippen LogP contribution in [0.15, 0.2) is 29.3 Å². The zero-order chi connectivity index (χ0) is 17.5. The van der Waals surface area contributed by atoms with Crippen LogP contribution >= 0.6 is 35.6 Å². The molecule has 0 unspecified atom stereocenters. The number of anilines is 1. The molecule has 1 aromatic carbocycles. The molecule has 0 atom stereocenters. The molecule has 0 aliphatic carbocycles. The molecular formula is C19H31ClIN5. The van der Waals surface area contributed by atoms with Gasteiger partial charge in [-0.1, -0.05) is 23.7 Å². The fourth-order valence-electron chi connectivity index (χ4n) is 3.63. The summed E-state index contributed by atoms with van der Waals surface area (Å²) in [6, 6.07) is 8.11. The third kappa shape index (κ3) is 6.16. The normalized spacial score (nSPS) is 19.3. The van der Waals surface area contributed by atoms with Crippen LogP contribution in [0.3, 0.4) is 0 Å². The second kappa shape index (κ2) is 11.2. The van der Waals surface area contributed by atoms with Crippen molar-refractivity contribution in [3.63, 3.8) is 0 Å². The van der Waals surface area contributed by atoms with E-state index >= 15 is 0 Å². The Balaban J connectivity index is 0.00000243. The van der Waals surface area contributed by atoms with Gasteiger partial charge in [0, 0.05) is 52.4 Å². The van der Waals surface area contributed by atoms with Crippen LogP contribution in [0.2, 0.25) is 5.02 Å². The SMILES string of the molecule is I.NC(=NCCCN1CCN(c2ccccc2Cl)CC1)N1CCCCC1. The lowest BCUT2D eigenvalue weighted by Crippen LogP contribution is -2.46. The number of piperidine rings is 1. The van der Waals surface area contributed by atoms with Gasteiger partial charge in [0.1, 0.15) is 0 Å². The Hall–Kier alpha value is -0.730. The van der Waals surface area contributed by atoms with Crippen molar-refractivity contribution in [1.82, 2.24) is 9.80 Å². The number of likely N-dealkylation sites (tertiary alicyclic amines) is 1. The number of piperazine rings is 1. The number of nitrogens with zero attached hydrogens (tertiary/aromatic N) is 4. The van der Waals surface area contributed by atoms with Crippen LogP contribution in [0.4, 0.5) is 5.69 Å². The van der Waals surface area contributed by atoms with Crippen molar-refractivity contribution in [3.05, 3.63) is 29.3 Å². The van der Waals surface area contributed by atoms with E-state index in [1.54, 1.807) is 0 Å². The molecule has 2 fully saturated rings. The molecule has 0 aromatic heterocycles. The van der Waals surface area contributed by atoms with E-state index in [1.807, 2.05) is 12.1 Å². The predicted octanol–water partition coefficient (Wildman–Crippen LogP) is 3.27. The molecule has 26 heavy (non-hydrogen) atoms. The molecule has 5 nitrogen and oxygen atoms in total. The summed E-state index contributed by atoms with van der Waals surface area (Å²) >= 11 is 6.30. The molecular weight excluding hydrogens is 461 g/mol. The van der Waals surface area contributed by atoms with E-state index in [0.29, 0.717) is 0 Å². The van der Waals surface area contributed by atoms with E-state index in [2.05, 4.69) is 31.8 Å². The van der Waals surface area contributed by atoms with Crippen molar-refractivity contribution in [3.8, 4) is 0 Å². The number of hydrogen-bond donors (Lipinski definition) is 1. The van der Waals surface area contributed by atoms with Crippen LogP contribution in [-0.2, 0) is 0 Å². The molecule has 0 spiro atoms. The molecule has 146 valence electrons. The van der Waals surface area contributed by atoms with Gasteiger partial charge in [0.25, 0.3) is 0 Å². The molecule has 2 N–H and O–H groups in total. The largest absolute Gasteiger partial charge is 0.370 e. The highest BCUT2D eigenvalue weighted by Crippen LogP contribution is 2.25. The summed E-state index contributed by atoms with van der Waals surface area (Å²) in [5.41, 5.74) is 7.26. The Morgan fingerprint density at radius 3 is 2.38 bits per heavy atom. The number of halogens is 2. The van der Waals surface area contributed by atoms with Crippen molar-refractivity contribution in [1.29, 1.82) is 0 Å². The quantitative estimate of drug-likeness (QED) is 0.297. The first-order valence-corrected chi connectivity index (χ1v) is 9.88. The molecule has 0 radical (unpaired) electrons. The summed E-state index contributed by atoms with van der Waals surface area (Å²) < 4.78 is 0. The second-order valence-electron chi connectivity index (χ2n) is 6.92. The average molecular weight is 492 g/mol. The number of nitrogens with two attached hydrogens (primary N) is 1. The molecule has 2 heterocycles. The Kier molecular flexibility index (Phi) is 9.28. The topological polar surface area (TPSA) is 48.1 Å². The fraction of sp³-hybridized carbons (Fsp3) is 0.632. The zero-order valence-corrected chi connectivity index (χ0v) is 18.5. The molecule has 0 amide bonds. The lowest BCUT2D eigenvalue weighted by atomic mass is 10.1. The predicted molar refractivity (Wildman–Crippen MR) is 122 cm³/mol. The third-order valence-corrected chi connectivity index (χ3v) is 5.47. The lowest BCUT2D eigenvalue weighted by Gasteiger charge is -2.36. The van der Waals surface area contributed by atoms with Gasteiger partial charge >= 0.3 is 0 Å². The maximum absolute atomic E-state index is 6.30. The van der Waals surface area contributed by atoms with Crippen LogP contribution in [-0.4, -0.2) is 68.1 Å². The number of para-hydroxylation sites is 1. The van der Waals surface area contributed by atoms with E-state index in [-0.39, 0.29) is 24.0 Å². The van der Waals surface area contributed by atoms with E-state index in [9.17, 15) is 0 Å². The highest BCUT2D eigenvalue weighted by Gasteiger charge is 2.18. The van der Waals surface area contributed by atoms with Gasteiger partial charge in [-0.25, -0.2) is 0 Å². The summed E-state index contributed by atoms with van der Waals surface area (Å²) in [5, 5.41) is 0.846. The average Bonchev–Trinajstić information content (AvgIpc) is 2.67. The Labute approximate surface area is 179 Å². The molecule has 0 saturated carbocycles. The second-order valence-corrected chi connectivity index (χ2v) is 7.33. The monoisotopic (exact) mass is 491 g/mol. The molecule has 0 bridgehead atoms. The standard InChI is InChI=1S/C19H30ClN5.HI/c20-17-7-2-3-8-18(17)24-15-13-23(14-16-24)10-6-9-22-19(21)25-11-4-1-5-12-25;/h2-3,7-8H,1,4-6,9-16H2,(H2,21,22);1H. The maximum atomic E-state index is 6.30. The first-order chi connectivity index (χ1) is 12.2. The zero-order valence-electron chi connectivity index (χ0n) is 15.4. The minimum atomic E-state index is 0. The van der Waals surface area contributed by atoms with E-state index in [0.717, 1.165) is 75.4 Å². The minimum Gasteiger partial charge on any atom is -0.370 e. The lowest BCUT2D eigenvalue weighted by molar-refractivity contribution is 0.256. The Morgan fingerprint density at radius 2 is 1.69 bits per heavy atom. The summed E-state index contributed by atoms with van der Waals surface area (Å²) in [4.78, 5) is 11.7. The van der Waals surface area contributed by atoms with Gasteiger partial charge in [0.05, 0.1) is 10.7 Å². The molecule has 2 aliphatic rings. The molecule has 1 aromatic rings. The molecule has 3 rings (SSSR count). The number of benzene rings is 1. The van der Waals surface area contributed by atoms with Crippen LogP contribution < -0.4 is 10.6 Å². The first-order valence-electron chi connectivity index (χ1n) is 9.51. The number of rotatable bonds is 5. The van der Waals surface area contributed by atoms with E-state index in [1.165, 1.54) is 19.3 Å².